The number of primary amides is 1. The van der Waals surface area contributed by atoms with Gasteiger partial charge in [0.25, 0.3) is 0 Å². The molecule has 1 amide bonds. The number of hydrogen-bond donors (Lipinski definition) is 6. The molecule has 0 aliphatic rings. The summed E-state index contributed by atoms with van der Waals surface area (Å²) in [6.07, 6.45) is 0.311. The molecule has 0 saturated carbocycles. The van der Waals surface area contributed by atoms with Crippen LogP contribution < -0.4 is 33.7 Å². The van der Waals surface area contributed by atoms with Crippen molar-refractivity contribution in [3.05, 3.63) is 41.5 Å². The fourth-order valence-corrected chi connectivity index (χ4v) is 4.70. The lowest BCUT2D eigenvalue weighted by Gasteiger charge is -2.17. The first-order valence-electron chi connectivity index (χ1n) is 8.38. The average molecular weight is 433 g/mol. The van der Waals surface area contributed by atoms with Gasteiger partial charge in [0.15, 0.2) is 11.0 Å². The Morgan fingerprint density at radius 1 is 1.21 bits per heavy atom. The van der Waals surface area contributed by atoms with Crippen LogP contribution in [0.4, 0.5) is 5.13 Å². The number of rotatable bonds is 7. The van der Waals surface area contributed by atoms with E-state index in [1.54, 1.807) is 12.1 Å². The van der Waals surface area contributed by atoms with E-state index in [9.17, 15) is 9.00 Å². The number of aryl methyl sites for hydroxylation is 1. The Balaban J connectivity index is 2.34. The largest absolute Gasteiger partial charge is 0.382 e. The first-order valence-corrected chi connectivity index (χ1v) is 10.4. The quantitative estimate of drug-likeness (QED) is 0.131. The van der Waals surface area contributed by atoms with Crippen molar-refractivity contribution in [1.29, 1.82) is 0 Å². The Kier molecular flexibility index (Phi) is 6.08. The number of nitrogens with two attached hydrogens (primary N) is 5. The van der Waals surface area contributed by atoms with Crippen LogP contribution in [0.25, 0.3) is 21.3 Å². The lowest BCUT2D eigenvalue weighted by Crippen LogP contribution is -2.26. The molecule has 0 saturated heterocycles. The summed E-state index contributed by atoms with van der Waals surface area (Å²) in [6.45, 7) is 0. The Hall–Kier alpha value is -3.06. The number of thiazole rings is 1. The van der Waals surface area contributed by atoms with E-state index in [1.807, 2.05) is 18.2 Å². The number of anilines is 1. The van der Waals surface area contributed by atoms with Crippen molar-refractivity contribution in [2.75, 3.05) is 5.73 Å². The van der Waals surface area contributed by atoms with Gasteiger partial charge in [-0.25, -0.2) is 25.7 Å². The molecule has 3 rings (SSSR count). The Morgan fingerprint density at radius 2 is 1.97 bits per heavy atom. The van der Waals surface area contributed by atoms with Crippen LogP contribution in [-0.4, -0.2) is 20.9 Å². The summed E-state index contributed by atoms with van der Waals surface area (Å²) in [7, 11) is -1.93. The van der Waals surface area contributed by atoms with Crippen molar-refractivity contribution in [2.45, 2.75) is 17.7 Å². The van der Waals surface area contributed by atoms with Crippen LogP contribution in [0.3, 0.4) is 0 Å². The molecule has 12 heteroatoms. The number of hydrazone groups is 1. The maximum absolute atomic E-state index is 12.5. The van der Waals surface area contributed by atoms with Crippen LogP contribution in [0.1, 0.15) is 17.5 Å². The van der Waals surface area contributed by atoms with E-state index in [1.165, 1.54) is 11.3 Å². The summed E-state index contributed by atoms with van der Waals surface area (Å²) in [4.78, 5) is 15.9. The predicted molar refractivity (Wildman–Crippen MR) is 116 cm³/mol. The van der Waals surface area contributed by atoms with Gasteiger partial charge in [-0.15, -0.1) is 5.10 Å². The van der Waals surface area contributed by atoms with Crippen molar-refractivity contribution in [3.63, 3.8) is 0 Å². The zero-order chi connectivity index (χ0) is 21.1. The van der Waals surface area contributed by atoms with E-state index < -0.39 is 16.9 Å². The number of amidine groups is 1. The first-order chi connectivity index (χ1) is 13.8. The number of hydrogen-bond acceptors (Lipinski definition) is 8. The third kappa shape index (κ3) is 4.19. The molecule has 1 atom stereocenters. The van der Waals surface area contributed by atoms with Gasteiger partial charge in [-0.05, 0) is 23.6 Å². The lowest BCUT2D eigenvalue weighted by atomic mass is 9.94. The maximum atomic E-state index is 12.5. The molecule has 11 N–H and O–H groups in total. The number of nitrogen functional groups attached to an aromatic ring is 1. The summed E-state index contributed by atoms with van der Waals surface area (Å²) in [5, 5.41) is 10.0. The minimum atomic E-state index is -1.93. The lowest BCUT2D eigenvalue weighted by molar-refractivity contribution is -0.118. The van der Waals surface area contributed by atoms with Crippen molar-refractivity contribution in [2.24, 2.45) is 27.6 Å². The number of carbonyl (C=O) groups is 1. The number of carbonyl (C=O) groups excluding carboxylic acids is 1. The number of para-hydroxylation sites is 1. The van der Waals surface area contributed by atoms with Gasteiger partial charge >= 0.3 is 0 Å². The van der Waals surface area contributed by atoms with Crippen molar-refractivity contribution >= 4 is 49.4 Å². The van der Waals surface area contributed by atoms with Gasteiger partial charge in [-0.2, -0.15) is 0 Å². The molecule has 152 valence electrons. The van der Waals surface area contributed by atoms with Crippen LogP contribution in [-0.2, 0) is 22.2 Å². The molecule has 0 aliphatic carbocycles. The molecular weight excluding hydrogens is 412 g/mol. The molecule has 2 aromatic carbocycles. The number of hydrazine groups is 1. The van der Waals surface area contributed by atoms with Crippen molar-refractivity contribution in [3.8, 4) is 11.1 Å². The molecule has 1 unspecified atom stereocenters. The predicted octanol–water partition coefficient (Wildman–Crippen LogP) is 0.0283. The van der Waals surface area contributed by atoms with E-state index in [0.717, 1.165) is 4.70 Å². The standard InChI is InChI=1S/C17H20N8O2S2/c18-12(26)7-5-8-4-6-9(13(15(8)29(22)27)16(19)24-25-21)10-2-1-3-11-14(10)23-17(20)28-11/h1-4,6,25H,5,7,21-22H2,(H2,18,26)(H2,19,24)(H2,20,23). The summed E-state index contributed by atoms with van der Waals surface area (Å²) >= 11 is 1.35. The minimum absolute atomic E-state index is 0.0163. The molecule has 0 bridgehead atoms. The number of amides is 1. The Morgan fingerprint density at radius 3 is 2.62 bits per heavy atom. The summed E-state index contributed by atoms with van der Waals surface area (Å²) in [6, 6.07) is 9.11. The van der Waals surface area contributed by atoms with Crippen molar-refractivity contribution in [1.82, 2.24) is 10.5 Å². The van der Waals surface area contributed by atoms with Crippen molar-refractivity contribution < 1.29 is 9.00 Å². The smallest absolute Gasteiger partial charge is 0.217 e. The second-order valence-corrected chi connectivity index (χ2v) is 8.14. The van der Waals surface area contributed by atoms with E-state index in [2.05, 4.69) is 15.6 Å². The average Bonchev–Trinajstić information content (AvgIpc) is 3.05. The van der Waals surface area contributed by atoms with Gasteiger partial charge in [0.2, 0.25) is 5.91 Å². The molecule has 1 heterocycles. The van der Waals surface area contributed by atoms with Gasteiger partial charge in [0, 0.05) is 17.5 Å². The fraction of sp³-hybridized carbons (Fsp3) is 0.118. The fourth-order valence-electron chi connectivity index (χ4n) is 3.10. The normalized spacial score (nSPS) is 12.8. The topological polar surface area (TPSA) is 202 Å². The highest BCUT2D eigenvalue weighted by molar-refractivity contribution is 7.82. The number of nitrogens with one attached hydrogen (secondary N) is 1. The summed E-state index contributed by atoms with van der Waals surface area (Å²) in [5.74, 6) is 4.79. The summed E-state index contributed by atoms with van der Waals surface area (Å²) < 4.78 is 13.3. The molecule has 3 aromatic rings. The molecule has 0 spiro atoms. The third-order valence-corrected chi connectivity index (χ3v) is 5.97. The number of nitrogens with zero attached hydrogens (tertiary/aromatic N) is 2. The van der Waals surface area contributed by atoms with Crippen LogP contribution in [0.2, 0.25) is 0 Å². The zero-order valence-corrected chi connectivity index (χ0v) is 16.8. The highest BCUT2D eigenvalue weighted by Gasteiger charge is 2.23. The molecule has 0 radical (unpaired) electrons. The van der Waals surface area contributed by atoms with E-state index in [0.29, 0.717) is 32.9 Å². The molecular formula is C17H20N8O2S2. The summed E-state index contributed by atoms with van der Waals surface area (Å²) in [5.41, 5.74) is 22.3. The number of benzene rings is 2. The maximum Gasteiger partial charge on any atom is 0.217 e. The number of fused-ring (bicyclic) bond motifs is 1. The number of aromatic nitrogens is 1. The van der Waals surface area contributed by atoms with Crippen LogP contribution in [0.5, 0.6) is 0 Å². The van der Waals surface area contributed by atoms with Crippen LogP contribution >= 0.6 is 11.3 Å². The van der Waals surface area contributed by atoms with Gasteiger partial charge in [0.1, 0.15) is 11.0 Å². The van der Waals surface area contributed by atoms with E-state index >= 15 is 0 Å². The zero-order valence-electron chi connectivity index (χ0n) is 15.2. The monoisotopic (exact) mass is 432 g/mol. The second-order valence-electron chi connectivity index (χ2n) is 6.07. The Bertz CT molecular complexity index is 1140. The molecule has 1 aromatic heterocycles. The van der Waals surface area contributed by atoms with Crippen LogP contribution in [0, 0.1) is 0 Å². The molecule has 0 aliphatic heterocycles. The second kappa shape index (κ2) is 8.53. The SMILES string of the molecule is NN/N=C(\N)c1c(-c2cccc3sc(N)nc23)ccc(CCC(N)=O)c1S(N)=O. The first kappa shape index (κ1) is 20.7. The highest BCUT2D eigenvalue weighted by atomic mass is 32.2. The van der Waals surface area contributed by atoms with Gasteiger partial charge in [0.05, 0.1) is 15.1 Å². The van der Waals surface area contributed by atoms with Gasteiger partial charge < -0.3 is 17.2 Å². The van der Waals surface area contributed by atoms with E-state index in [4.69, 9.17) is 28.2 Å². The van der Waals surface area contributed by atoms with Gasteiger partial charge in [-0.3, -0.25) is 4.79 Å². The van der Waals surface area contributed by atoms with Crippen LogP contribution in [0.15, 0.2) is 40.3 Å². The van der Waals surface area contributed by atoms with Gasteiger partial charge in [-0.1, -0.05) is 35.6 Å². The Labute approximate surface area is 172 Å². The van der Waals surface area contributed by atoms with E-state index in [-0.39, 0.29) is 23.6 Å². The minimum Gasteiger partial charge on any atom is -0.382 e. The molecule has 0 fully saturated rings. The molecule has 29 heavy (non-hydrogen) atoms. The molecule has 10 nitrogen and oxygen atoms in total. The highest BCUT2D eigenvalue weighted by Crippen LogP contribution is 2.36. The third-order valence-electron chi connectivity index (χ3n) is 4.25.